The monoisotopic (exact) mass is 406 g/mol. The van der Waals surface area contributed by atoms with Crippen LogP contribution >= 0.6 is 0 Å². The lowest BCUT2D eigenvalue weighted by Gasteiger charge is -2.22. The average Bonchev–Trinajstić information content (AvgIpc) is 3.42. The first-order chi connectivity index (χ1) is 14.6. The Hall–Kier alpha value is -3.35. The molecule has 1 aromatic heterocycles. The number of likely N-dealkylation sites (tertiary alicyclic amines) is 1. The number of carbonyl (C=O) groups is 1. The zero-order valence-electron chi connectivity index (χ0n) is 17.3. The van der Waals surface area contributed by atoms with Crippen molar-refractivity contribution in [1.29, 1.82) is 0 Å². The maximum absolute atomic E-state index is 12.7. The van der Waals surface area contributed by atoms with Gasteiger partial charge in [0.1, 0.15) is 5.75 Å². The lowest BCUT2D eigenvalue weighted by atomic mass is 10.1. The number of aryl methyl sites for hydroxylation is 2. The summed E-state index contributed by atoms with van der Waals surface area (Å²) in [6, 6.07) is 15.6. The van der Waals surface area contributed by atoms with Gasteiger partial charge in [-0.05, 0) is 44.4 Å². The molecular weight excluding hydrogens is 380 g/mol. The molecule has 0 spiro atoms. The van der Waals surface area contributed by atoms with Gasteiger partial charge in [-0.2, -0.15) is 4.98 Å². The summed E-state index contributed by atoms with van der Waals surface area (Å²) in [7, 11) is 0. The van der Waals surface area contributed by atoms with Gasteiger partial charge in [-0.3, -0.25) is 0 Å². The summed E-state index contributed by atoms with van der Waals surface area (Å²) in [5.41, 5.74) is 3.44. The first-order valence-electron chi connectivity index (χ1n) is 10.2. The summed E-state index contributed by atoms with van der Waals surface area (Å²) in [5, 5.41) is 7.09. The van der Waals surface area contributed by atoms with Crippen molar-refractivity contribution in [3.8, 4) is 5.75 Å². The number of rotatable bonds is 6. The molecule has 0 aliphatic carbocycles. The Balaban J connectivity index is 1.34. The summed E-state index contributed by atoms with van der Waals surface area (Å²) in [6.45, 7) is 5.43. The molecule has 7 nitrogen and oxygen atoms in total. The lowest BCUT2D eigenvalue weighted by molar-refractivity contribution is 0.189. The predicted octanol–water partition coefficient (Wildman–Crippen LogP) is 4.31. The molecule has 156 valence electrons. The van der Waals surface area contributed by atoms with Crippen LogP contribution in [0.25, 0.3) is 0 Å². The minimum atomic E-state index is -0.181. The summed E-state index contributed by atoms with van der Waals surface area (Å²) >= 11 is 0. The summed E-state index contributed by atoms with van der Waals surface area (Å²) in [5.74, 6) is 1.68. The number of ether oxygens (including phenoxy) is 1. The number of aromatic nitrogens is 2. The van der Waals surface area contributed by atoms with Gasteiger partial charge in [-0.15, -0.1) is 0 Å². The number of urea groups is 1. The van der Waals surface area contributed by atoms with Crippen LogP contribution in [0.4, 0.5) is 4.79 Å². The van der Waals surface area contributed by atoms with Crippen LogP contribution < -0.4 is 10.1 Å². The molecule has 0 saturated carbocycles. The van der Waals surface area contributed by atoms with Crippen LogP contribution in [0.3, 0.4) is 0 Å². The zero-order chi connectivity index (χ0) is 20.9. The van der Waals surface area contributed by atoms with Crippen molar-refractivity contribution in [3.63, 3.8) is 0 Å². The number of carbonyl (C=O) groups excluding carboxylic acids is 1. The fourth-order valence-corrected chi connectivity index (χ4v) is 3.50. The number of hydrogen-bond donors (Lipinski definition) is 1. The molecule has 0 radical (unpaired) electrons. The first-order valence-corrected chi connectivity index (χ1v) is 10.2. The van der Waals surface area contributed by atoms with Crippen LogP contribution in [0.5, 0.6) is 5.75 Å². The molecule has 1 fully saturated rings. The second kappa shape index (κ2) is 8.98. The number of benzene rings is 2. The molecule has 0 bridgehead atoms. The molecule has 2 amide bonds. The lowest BCUT2D eigenvalue weighted by Crippen LogP contribution is -2.39. The van der Waals surface area contributed by atoms with Gasteiger partial charge in [-0.25, -0.2) is 4.79 Å². The molecule has 1 saturated heterocycles. The van der Waals surface area contributed by atoms with E-state index in [9.17, 15) is 4.79 Å². The van der Waals surface area contributed by atoms with Gasteiger partial charge in [0, 0.05) is 13.1 Å². The van der Waals surface area contributed by atoms with E-state index in [-0.39, 0.29) is 18.7 Å². The average molecular weight is 406 g/mol. The van der Waals surface area contributed by atoms with E-state index in [0.29, 0.717) is 24.8 Å². The van der Waals surface area contributed by atoms with Gasteiger partial charge in [0.15, 0.2) is 12.4 Å². The number of hydrogen-bond acceptors (Lipinski definition) is 5. The molecule has 1 N–H and O–H groups in total. The molecule has 7 heteroatoms. The van der Waals surface area contributed by atoms with Gasteiger partial charge >= 0.3 is 6.03 Å². The minimum absolute atomic E-state index is 0.111. The van der Waals surface area contributed by atoms with Crippen molar-refractivity contribution >= 4 is 6.03 Å². The van der Waals surface area contributed by atoms with Crippen LogP contribution in [-0.4, -0.2) is 27.6 Å². The molecular formula is C23H26N4O3. The molecule has 30 heavy (non-hydrogen) atoms. The maximum atomic E-state index is 12.7. The Morgan fingerprint density at radius 2 is 1.83 bits per heavy atom. The van der Waals surface area contributed by atoms with Crippen LogP contribution in [0.15, 0.2) is 53.1 Å². The molecule has 1 aliphatic heterocycles. The Bertz CT molecular complexity index is 982. The zero-order valence-corrected chi connectivity index (χ0v) is 17.3. The summed E-state index contributed by atoms with van der Waals surface area (Å²) in [4.78, 5) is 19.0. The molecule has 2 aromatic carbocycles. The van der Waals surface area contributed by atoms with E-state index in [2.05, 4.69) is 15.5 Å². The standard InChI is InChI=1S/C23H26N4O3/c1-16-5-9-18(10-6-16)14-24-23(28)27-13-3-4-20(27)22-25-21(30-26-22)15-29-19-11-7-17(2)8-12-19/h5-12,20H,3-4,13-15H2,1-2H3,(H,24,28). The van der Waals surface area contributed by atoms with Crippen molar-refractivity contribution in [2.45, 2.75) is 45.9 Å². The summed E-state index contributed by atoms with van der Waals surface area (Å²) < 4.78 is 11.1. The van der Waals surface area contributed by atoms with Crippen molar-refractivity contribution < 1.29 is 14.1 Å². The van der Waals surface area contributed by atoms with E-state index in [1.54, 1.807) is 4.90 Å². The Morgan fingerprint density at radius 1 is 1.13 bits per heavy atom. The Labute approximate surface area is 176 Å². The van der Waals surface area contributed by atoms with Crippen LogP contribution in [0.2, 0.25) is 0 Å². The molecule has 4 rings (SSSR count). The first kappa shape index (κ1) is 19.9. The molecule has 2 heterocycles. The van der Waals surface area contributed by atoms with Crippen LogP contribution in [0, 0.1) is 13.8 Å². The molecule has 1 unspecified atom stereocenters. The second-order valence-corrected chi connectivity index (χ2v) is 7.64. The van der Waals surface area contributed by atoms with Gasteiger partial charge in [0.05, 0.1) is 6.04 Å². The maximum Gasteiger partial charge on any atom is 0.318 e. The highest BCUT2D eigenvalue weighted by molar-refractivity contribution is 5.75. The van der Waals surface area contributed by atoms with Gasteiger partial charge in [-0.1, -0.05) is 52.7 Å². The topological polar surface area (TPSA) is 80.5 Å². The van der Waals surface area contributed by atoms with Gasteiger partial charge in [0.25, 0.3) is 5.89 Å². The van der Waals surface area contributed by atoms with Crippen molar-refractivity contribution in [1.82, 2.24) is 20.4 Å². The summed E-state index contributed by atoms with van der Waals surface area (Å²) in [6.07, 6.45) is 1.72. The number of nitrogens with one attached hydrogen (secondary N) is 1. The predicted molar refractivity (Wildman–Crippen MR) is 112 cm³/mol. The van der Waals surface area contributed by atoms with E-state index in [1.165, 1.54) is 11.1 Å². The highest BCUT2D eigenvalue weighted by Crippen LogP contribution is 2.30. The van der Waals surface area contributed by atoms with Gasteiger partial charge < -0.3 is 19.5 Å². The van der Waals surface area contributed by atoms with E-state index in [0.717, 1.165) is 24.2 Å². The quantitative estimate of drug-likeness (QED) is 0.660. The third-order valence-electron chi connectivity index (χ3n) is 5.24. The van der Waals surface area contributed by atoms with Crippen LogP contribution in [-0.2, 0) is 13.2 Å². The number of nitrogens with zero attached hydrogens (tertiary/aromatic N) is 3. The third kappa shape index (κ3) is 4.79. The second-order valence-electron chi connectivity index (χ2n) is 7.64. The highest BCUT2D eigenvalue weighted by atomic mass is 16.5. The van der Waals surface area contributed by atoms with E-state index >= 15 is 0 Å². The molecule has 1 aliphatic rings. The third-order valence-corrected chi connectivity index (χ3v) is 5.24. The van der Waals surface area contributed by atoms with Crippen molar-refractivity contribution in [2.75, 3.05) is 6.54 Å². The SMILES string of the molecule is Cc1ccc(CNC(=O)N2CCCC2c2noc(COc3ccc(C)cc3)n2)cc1. The molecule has 3 aromatic rings. The van der Waals surface area contributed by atoms with Crippen molar-refractivity contribution in [2.24, 2.45) is 0 Å². The van der Waals surface area contributed by atoms with E-state index in [1.807, 2.05) is 62.4 Å². The number of amides is 2. The largest absolute Gasteiger partial charge is 0.484 e. The highest BCUT2D eigenvalue weighted by Gasteiger charge is 2.33. The smallest absolute Gasteiger partial charge is 0.318 e. The molecule has 1 atom stereocenters. The normalized spacial score (nSPS) is 15.9. The minimum Gasteiger partial charge on any atom is -0.484 e. The van der Waals surface area contributed by atoms with Gasteiger partial charge in [0.2, 0.25) is 0 Å². The van der Waals surface area contributed by atoms with E-state index < -0.39 is 0 Å². The fourth-order valence-electron chi connectivity index (χ4n) is 3.50. The van der Waals surface area contributed by atoms with Crippen molar-refractivity contribution in [3.05, 3.63) is 76.9 Å². The van der Waals surface area contributed by atoms with E-state index in [4.69, 9.17) is 9.26 Å². The fraction of sp³-hybridized carbons (Fsp3) is 0.348. The Morgan fingerprint density at radius 3 is 2.57 bits per heavy atom. The van der Waals surface area contributed by atoms with Crippen LogP contribution in [0.1, 0.15) is 47.3 Å². The Kier molecular flexibility index (Phi) is 5.97.